The number of nitrogen functional groups attached to an aromatic ring is 1. The first-order chi connectivity index (χ1) is 11.1. The van der Waals surface area contributed by atoms with Gasteiger partial charge in [0.2, 0.25) is 4.77 Å². The zero-order valence-electron chi connectivity index (χ0n) is 12.1. The van der Waals surface area contributed by atoms with Gasteiger partial charge in [0.05, 0.1) is 13.2 Å². The Morgan fingerprint density at radius 2 is 2.26 bits per heavy atom. The molecule has 0 aliphatic carbocycles. The number of anilines is 1. The van der Waals surface area contributed by atoms with Gasteiger partial charge in [-0.25, -0.2) is 10.2 Å². The molecule has 0 radical (unpaired) electrons. The van der Waals surface area contributed by atoms with Gasteiger partial charge in [0, 0.05) is 0 Å². The second-order valence-electron chi connectivity index (χ2n) is 4.30. The second-order valence-corrected chi connectivity index (χ2v) is 4.68. The first-order valence-corrected chi connectivity index (χ1v) is 6.78. The molecule has 0 saturated heterocycles. The lowest BCUT2D eigenvalue weighted by Gasteiger charge is -2.11. The number of benzene rings is 1. The monoisotopic (exact) mass is 331 g/mol. The Morgan fingerprint density at radius 1 is 1.57 bits per heavy atom. The maximum atomic E-state index is 12.0. The normalized spacial score (nSPS) is 12.3. The Labute approximate surface area is 136 Å². The molecule has 118 valence electrons. The number of nitrogens with one attached hydrogen (secondary N) is 2. The van der Waals surface area contributed by atoms with Crippen LogP contribution in [0.1, 0.15) is 11.5 Å². The first-order valence-electron chi connectivity index (χ1n) is 6.37. The average molecular weight is 331 g/mol. The summed E-state index contributed by atoms with van der Waals surface area (Å²) in [7, 11) is 1.20. The van der Waals surface area contributed by atoms with E-state index in [0.717, 1.165) is 4.79 Å². The lowest BCUT2D eigenvalue weighted by atomic mass is 9.95. The van der Waals surface area contributed by atoms with Crippen molar-refractivity contribution in [1.29, 1.82) is 5.26 Å². The molecule has 0 aliphatic rings. The van der Waals surface area contributed by atoms with E-state index < -0.39 is 11.9 Å². The maximum Gasteiger partial charge on any atom is 0.355 e. The molecule has 0 bridgehead atoms. The molecule has 0 aliphatic heterocycles. The number of carbonyl (C=O) groups excluding carboxylic acids is 1. The number of hydrogen-bond donors (Lipinski definition) is 3. The van der Waals surface area contributed by atoms with Gasteiger partial charge in [0.1, 0.15) is 5.92 Å². The van der Waals surface area contributed by atoms with Crippen molar-refractivity contribution in [3.05, 3.63) is 40.7 Å². The number of ether oxygens (including phenoxy) is 1. The molecule has 0 unspecified atom stereocenters. The van der Waals surface area contributed by atoms with E-state index in [4.69, 9.17) is 22.8 Å². The van der Waals surface area contributed by atoms with Crippen molar-refractivity contribution in [2.24, 2.45) is 5.10 Å². The van der Waals surface area contributed by atoms with Gasteiger partial charge in [-0.3, -0.25) is 5.10 Å². The molecule has 0 saturated carbocycles. The Hall–Kier alpha value is -3.19. The zero-order valence-corrected chi connectivity index (χ0v) is 12.9. The lowest BCUT2D eigenvalue weighted by molar-refractivity contribution is -0.132. The minimum absolute atomic E-state index is 0.0844. The van der Waals surface area contributed by atoms with Crippen LogP contribution in [0.5, 0.6) is 0 Å². The van der Waals surface area contributed by atoms with Crippen LogP contribution in [0.2, 0.25) is 0 Å². The van der Waals surface area contributed by atoms with Crippen molar-refractivity contribution in [2.45, 2.75) is 5.92 Å². The molecule has 10 heteroatoms. The van der Waals surface area contributed by atoms with Gasteiger partial charge in [-0.15, -0.1) is 0 Å². The van der Waals surface area contributed by atoms with Crippen molar-refractivity contribution in [3.63, 3.8) is 0 Å². The molecule has 1 aromatic heterocycles. The molecular formula is C13H13N7O2S. The highest BCUT2D eigenvalue weighted by atomic mass is 32.1. The quantitative estimate of drug-likeness (QED) is 0.244. The highest BCUT2D eigenvalue weighted by molar-refractivity contribution is 7.71. The number of nitrogens with two attached hydrogens (primary N) is 1. The lowest BCUT2D eigenvalue weighted by Crippen LogP contribution is -2.25. The van der Waals surface area contributed by atoms with Gasteiger partial charge in [-0.1, -0.05) is 30.3 Å². The van der Waals surface area contributed by atoms with Gasteiger partial charge in [0.25, 0.3) is 5.95 Å². The largest absolute Gasteiger partial charge is 0.464 e. The summed E-state index contributed by atoms with van der Waals surface area (Å²) in [6.45, 7) is 0. The molecule has 1 heterocycles. The number of H-pyrrole nitrogens is 1. The number of aromatic nitrogens is 3. The van der Waals surface area contributed by atoms with Gasteiger partial charge in [-0.05, 0) is 17.8 Å². The molecule has 1 aromatic carbocycles. The van der Waals surface area contributed by atoms with Crippen LogP contribution in [-0.2, 0) is 9.53 Å². The highest BCUT2D eigenvalue weighted by Gasteiger charge is 2.26. The summed E-state index contributed by atoms with van der Waals surface area (Å²) < 4.78 is 4.84. The molecule has 0 amide bonds. The van der Waals surface area contributed by atoms with Crippen molar-refractivity contribution >= 4 is 29.8 Å². The molecule has 23 heavy (non-hydrogen) atoms. The highest BCUT2D eigenvalue weighted by Crippen LogP contribution is 2.18. The molecular weight excluding hydrogens is 318 g/mol. The molecule has 9 nitrogen and oxygen atoms in total. The van der Waals surface area contributed by atoms with Crippen LogP contribution in [0.15, 0.2) is 35.4 Å². The Balaban J connectivity index is 2.38. The average Bonchev–Trinajstić information content (AvgIpc) is 2.89. The van der Waals surface area contributed by atoms with Crippen LogP contribution in [0.4, 0.5) is 5.95 Å². The Kier molecular flexibility index (Phi) is 5.06. The zero-order chi connectivity index (χ0) is 16.8. The SMILES string of the molecule is COC(=O)/C(=N/Nc1nc(=S)[nH]n1N)[C@H](C#N)c1ccccc1. The minimum atomic E-state index is -0.913. The second kappa shape index (κ2) is 7.19. The molecule has 0 fully saturated rings. The van der Waals surface area contributed by atoms with Crippen LogP contribution in [0, 0.1) is 16.1 Å². The summed E-state index contributed by atoms with van der Waals surface area (Å²) >= 11 is 4.83. The van der Waals surface area contributed by atoms with Crippen LogP contribution in [-0.4, -0.2) is 33.7 Å². The molecule has 2 rings (SSSR count). The van der Waals surface area contributed by atoms with E-state index in [-0.39, 0.29) is 16.4 Å². The van der Waals surface area contributed by atoms with Crippen molar-refractivity contribution < 1.29 is 9.53 Å². The number of hydrogen-bond acceptors (Lipinski definition) is 8. The summed E-state index contributed by atoms with van der Waals surface area (Å²) in [5, 5.41) is 15.9. The summed E-state index contributed by atoms with van der Waals surface area (Å²) in [6.07, 6.45) is 0. The van der Waals surface area contributed by atoms with E-state index in [1.54, 1.807) is 30.3 Å². The van der Waals surface area contributed by atoms with Crippen LogP contribution in [0.25, 0.3) is 0 Å². The third-order valence-corrected chi connectivity index (χ3v) is 3.04. The molecule has 1 atom stereocenters. The number of methoxy groups -OCH3 is 1. The van der Waals surface area contributed by atoms with Crippen molar-refractivity contribution in [3.8, 4) is 6.07 Å². The Bertz CT molecular complexity index is 819. The molecule has 2 aromatic rings. The smallest absolute Gasteiger partial charge is 0.355 e. The van der Waals surface area contributed by atoms with E-state index >= 15 is 0 Å². The fourth-order valence-electron chi connectivity index (χ4n) is 1.79. The fourth-order valence-corrected chi connectivity index (χ4v) is 1.98. The van der Waals surface area contributed by atoms with E-state index in [9.17, 15) is 10.1 Å². The predicted molar refractivity (Wildman–Crippen MR) is 85.4 cm³/mol. The topological polar surface area (TPSA) is 134 Å². The maximum absolute atomic E-state index is 12.0. The first kappa shape index (κ1) is 16.2. The van der Waals surface area contributed by atoms with Crippen LogP contribution in [0.3, 0.4) is 0 Å². The van der Waals surface area contributed by atoms with E-state index in [0.29, 0.717) is 5.56 Å². The van der Waals surface area contributed by atoms with Gasteiger partial charge in [0.15, 0.2) is 5.71 Å². The predicted octanol–water partition coefficient (Wildman–Crippen LogP) is 0.903. The summed E-state index contributed by atoms with van der Waals surface area (Å²) in [5.41, 5.74) is 2.97. The number of carbonyl (C=O) groups is 1. The molecule has 4 N–H and O–H groups in total. The standard InChI is InChI=1S/C13H13N7O2S/c1-22-11(21)10(9(7-14)8-5-3-2-4-6-8)17-18-12-16-13(23)19-20(12)15/h2-6,9H,15H2,1H3,(H2,16,18,19,23)/b17-10+/t9-/m1/s1. The van der Waals surface area contributed by atoms with Gasteiger partial charge >= 0.3 is 5.97 Å². The number of hydrazone groups is 1. The fraction of sp³-hybridized carbons (Fsp3) is 0.154. The number of rotatable bonds is 5. The van der Waals surface area contributed by atoms with E-state index in [1.807, 2.05) is 6.07 Å². The van der Waals surface area contributed by atoms with Crippen LogP contribution < -0.4 is 11.3 Å². The Morgan fingerprint density at radius 3 is 2.78 bits per heavy atom. The molecule has 0 spiro atoms. The third kappa shape index (κ3) is 3.72. The van der Waals surface area contributed by atoms with E-state index in [2.05, 4.69) is 20.6 Å². The van der Waals surface area contributed by atoms with Gasteiger partial charge < -0.3 is 10.6 Å². The number of aromatic amines is 1. The van der Waals surface area contributed by atoms with Crippen molar-refractivity contribution in [2.75, 3.05) is 18.4 Å². The summed E-state index contributed by atoms with van der Waals surface area (Å²) in [5.74, 6) is 4.00. The summed E-state index contributed by atoms with van der Waals surface area (Å²) in [6, 6.07) is 10.8. The van der Waals surface area contributed by atoms with E-state index in [1.165, 1.54) is 7.11 Å². The number of esters is 1. The summed E-state index contributed by atoms with van der Waals surface area (Å²) in [4.78, 5) is 16.8. The third-order valence-electron chi connectivity index (χ3n) is 2.86. The van der Waals surface area contributed by atoms with Gasteiger partial charge in [-0.2, -0.15) is 20.1 Å². The number of nitrogens with zero attached hydrogens (tertiary/aromatic N) is 4. The van der Waals surface area contributed by atoms with Crippen molar-refractivity contribution in [1.82, 2.24) is 14.9 Å². The minimum Gasteiger partial charge on any atom is -0.464 e. The van der Waals surface area contributed by atoms with Crippen LogP contribution >= 0.6 is 12.2 Å². The number of nitriles is 1.